The van der Waals surface area contributed by atoms with Gasteiger partial charge in [-0.3, -0.25) is 0 Å². The van der Waals surface area contributed by atoms with Gasteiger partial charge in [0.1, 0.15) is 5.82 Å². The van der Waals surface area contributed by atoms with Gasteiger partial charge in [0.05, 0.1) is 0 Å². The van der Waals surface area contributed by atoms with E-state index in [4.69, 9.17) is 5.73 Å². The molecule has 2 rings (SSSR count). The second kappa shape index (κ2) is 7.46. The summed E-state index contributed by atoms with van der Waals surface area (Å²) in [5.41, 5.74) is 8.78. The molecule has 1 nitrogen and oxygen atoms in total. The highest BCUT2D eigenvalue weighted by Crippen LogP contribution is 2.19. The predicted octanol–water partition coefficient (Wildman–Crippen LogP) is 4.05. The Hall–Kier alpha value is -1.32. The first-order chi connectivity index (χ1) is 9.67. The Bertz CT molecular complexity index is 522. The van der Waals surface area contributed by atoms with Gasteiger partial charge >= 0.3 is 0 Å². The standard InChI is InChI=1S/C17H20FNS/c1-2-13-3-5-14(6-4-13)11-16(19)12-20-17-9-7-15(18)8-10-17/h3-10,16H,2,11-12,19H2,1H3. The van der Waals surface area contributed by atoms with Crippen LogP contribution in [-0.2, 0) is 12.8 Å². The van der Waals surface area contributed by atoms with Crippen LogP contribution in [0.1, 0.15) is 18.1 Å². The van der Waals surface area contributed by atoms with Gasteiger partial charge in [-0.15, -0.1) is 11.8 Å². The largest absolute Gasteiger partial charge is 0.327 e. The third-order valence-corrected chi connectivity index (χ3v) is 4.41. The minimum atomic E-state index is -0.199. The highest BCUT2D eigenvalue weighted by atomic mass is 32.2. The Morgan fingerprint density at radius 3 is 2.20 bits per heavy atom. The number of aryl methyl sites for hydroxylation is 1. The second-order valence-corrected chi connectivity index (χ2v) is 5.99. The van der Waals surface area contributed by atoms with Crippen molar-refractivity contribution in [1.82, 2.24) is 0 Å². The summed E-state index contributed by atoms with van der Waals surface area (Å²) in [5.74, 6) is 0.635. The minimum Gasteiger partial charge on any atom is -0.327 e. The maximum absolute atomic E-state index is 12.8. The molecule has 0 spiro atoms. The SMILES string of the molecule is CCc1ccc(CC(N)CSc2ccc(F)cc2)cc1. The number of hydrogen-bond donors (Lipinski definition) is 1. The van der Waals surface area contributed by atoms with Gasteiger partial charge in [-0.05, 0) is 48.2 Å². The first-order valence-electron chi connectivity index (χ1n) is 6.89. The monoisotopic (exact) mass is 289 g/mol. The number of hydrogen-bond acceptors (Lipinski definition) is 2. The molecule has 0 radical (unpaired) electrons. The van der Waals surface area contributed by atoms with Crippen molar-refractivity contribution in [3.05, 3.63) is 65.5 Å². The molecule has 0 aliphatic heterocycles. The third kappa shape index (κ3) is 4.66. The molecule has 0 fully saturated rings. The zero-order valence-corrected chi connectivity index (χ0v) is 12.5. The van der Waals surface area contributed by atoms with Gasteiger partial charge in [-0.25, -0.2) is 4.39 Å². The average Bonchev–Trinajstić information content (AvgIpc) is 2.47. The lowest BCUT2D eigenvalue weighted by Gasteiger charge is -2.11. The van der Waals surface area contributed by atoms with E-state index in [0.29, 0.717) is 0 Å². The summed E-state index contributed by atoms with van der Waals surface area (Å²) in [4.78, 5) is 1.06. The van der Waals surface area contributed by atoms with Crippen molar-refractivity contribution in [3.8, 4) is 0 Å². The van der Waals surface area contributed by atoms with Crippen molar-refractivity contribution < 1.29 is 4.39 Å². The summed E-state index contributed by atoms with van der Waals surface area (Å²) in [5, 5.41) is 0. The smallest absolute Gasteiger partial charge is 0.123 e. The van der Waals surface area contributed by atoms with Crippen LogP contribution in [0.5, 0.6) is 0 Å². The number of thioether (sulfide) groups is 1. The van der Waals surface area contributed by atoms with Crippen LogP contribution < -0.4 is 5.73 Å². The van der Waals surface area contributed by atoms with E-state index < -0.39 is 0 Å². The molecule has 0 saturated carbocycles. The summed E-state index contributed by atoms with van der Waals surface area (Å²) < 4.78 is 12.8. The van der Waals surface area contributed by atoms with Crippen LogP contribution in [0.2, 0.25) is 0 Å². The van der Waals surface area contributed by atoms with E-state index in [9.17, 15) is 4.39 Å². The van der Waals surface area contributed by atoms with Gasteiger partial charge in [0, 0.05) is 16.7 Å². The Balaban J connectivity index is 1.82. The molecule has 106 valence electrons. The summed E-state index contributed by atoms with van der Waals surface area (Å²) in [6.07, 6.45) is 1.94. The molecule has 2 aromatic carbocycles. The molecule has 3 heteroatoms. The number of nitrogens with two attached hydrogens (primary N) is 1. The lowest BCUT2D eigenvalue weighted by Crippen LogP contribution is -2.25. The fraction of sp³-hybridized carbons (Fsp3) is 0.294. The van der Waals surface area contributed by atoms with Crippen LogP contribution in [-0.4, -0.2) is 11.8 Å². The quantitative estimate of drug-likeness (QED) is 0.812. The van der Waals surface area contributed by atoms with Gasteiger partial charge in [0.15, 0.2) is 0 Å². The minimum absolute atomic E-state index is 0.109. The van der Waals surface area contributed by atoms with Crippen molar-refractivity contribution in [1.29, 1.82) is 0 Å². The van der Waals surface area contributed by atoms with Crippen LogP contribution in [0.25, 0.3) is 0 Å². The zero-order valence-electron chi connectivity index (χ0n) is 11.7. The molecule has 20 heavy (non-hydrogen) atoms. The van der Waals surface area contributed by atoms with Gasteiger partial charge in [-0.2, -0.15) is 0 Å². The van der Waals surface area contributed by atoms with Crippen LogP contribution in [0.4, 0.5) is 4.39 Å². The third-order valence-electron chi connectivity index (χ3n) is 3.21. The molecule has 0 aliphatic rings. The molecule has 0 saturated heterocycles. The van der Waals surface area contributed by atoms with Crippen LogP contribution >= 0.6 is 11.8 Å². The maximum atomic E-state index is 12.8. The fourth-order valence-corrected chi connectivity index (χ4v) is 2.86. The van der Waals surface area contributed by atoms with E-state index >= 15 is 0 Å². The van der Waals surface area contributed by atoms with Crippen molar-refractivity contribution in [3.63, 3.8) is 0 Å². The molecule has 0 bridgehead atoms. The summed E-state index contributed by atoms with van der Waals surface area (Å²) in [6.45, 7) is 2.15. The van der Waals surface area contributed by atoms with E-state index in [2.05, 4.69) is 31.2 Å². The molecule has 0 heterocycles. The molecular weight excluding hydrogens is 269 g/mol. The molecule has 0 amide bonds. The van der Waals surface area contributed by atoms with E-state index in [-0.39, 0.29) is 11.9 Å². The molecule has 0 aliphatic carbocycles. The average molecular weight is 289 g/mol. The Morgan fingerprint density at radius 2 is 1.60 bits per heavy atom. The van der Waals surface area contributed by atoms with Gasteiger partial charge in [0.25, 0.3) is 0 Å². The molecule has 1 atom stereocenters. The van der Waals surface area contributed by atoms with Crippen LogP contribution in [0.15, 0.2) is 53.4 Å². The van der Waals surface area contributed by atoms with Crippen molar-refractivity contribution in [2.24, 2.45) is 5.73 Å². The summed E-state index contributed by atoms with van der Waals surface area (Å²) >= 11 is 1.67. The van der Waals surface area contributed by atoms with Crippen LogP contribution in [0.3, 0.4) is 0 Å². The van der Waals surface area contributed by atoms with Gasteiger partial charge in [-0.1, -0.05) is 31.2 Å². The normalized spacial score (nSPS) is 12.3. The molecule has 2 aromatic rings. The number of rotatable bonds is 6. The maximum Gasteiger partial charge on any atom is 0.123 e. The first-order valence-corrected chi connectivity index (χ1v) is 7.87. The van der Waals surface area contributed by atoms with E-state index in [1.165, 1.54) is 23.3 Å². The highest BCUT2D eigenvalue weighted by Gasteiger charge is 2.05. The van der Waals surface area contributed by atoms with E-state index in [1.807, 2.05) is 0 Å². The highest BCUT2D eigenvalue weighted by molar-refractivity contribution is 7.99. The first kappa shape index (κ1) is 15.1. The second-order valence-electron chi connectivity index (χ2n) is 4.90. The van der Waals surface area contributed by atoms with Crippen molar-refractivity contribution in [2.75, 3.05) is 5.75 Å². The summed E-state index contributed by atoms with van der Waals surface area (Å²) in [6, 6.07) is 15.3. The van der Waals surface area contributed by atoms with Crippen LogP contribution in [0, 0.1) is 5.82 Å². The lowest BCUT2D eigenvalue weighted by molar-refractivity contribution is 0.626. The fourth-order valence-electron chi connectivity index (χ4n) is 2.01. The van der Waals surface area contributed by atoms with E-state index in [1.54, 1.807) is 23.9 Å². The molecular formula is C17H20FNS. The Labute approximate surface area is 124 Å². The van der Waals surface area contributed by atoms with Crippen molar-refractivity contribution in [2.45, 2.75) is 30.7 Å². The molecule has 2 N–H and O–H groups in total. The zero-order chi connectivity index (χ0) is 14.4. The van der Waals surface area contributed by atoms with Crippen molar-refractivity contribution >= 4 is 11.8 Å². The number of benzene rings is 2. The van der Waals surface area contributed by atoms with Gasteiger partial charge < -0.3 is 5.73 Å². The molecule has 1 unspecified atom stereocenters. The predicted molar refractivity (Wildman–Crippen MR) is 84.6 cm³/mol. The molecule has 0 aromatic heterocycles. The Morgan fingerprint density at radius 1 is 1.00 bits per heavy atom. The summed E-state index contributed by atoms with van der Waals surface area (Å²) in [7, 11) is 0. The Kier molecular flexibility index (Phi) is 5.62. The topological polar surface area (TPSA) is 26.0 Å². The lowest BCUT2D eigenvalue weighted by atomic mass is 10.0. The van der Waals surface area contributed by atoms with Gasteiger partial charge in [0.2, 0.25) is 0 Å². The number of halogens is 1. The van der Waals surface area contributed by atoms with E-state index in [0.717, 1.165) is 23.5 Å².